The molecule has 4 amide bonds. The number of carbonyl (C=O) groups excluding carboxylic acids is 4. The van der Waals surface area contributed by atoms with E-state index in [9.17, 15) is 19.2 Å². The van der Waals surface area contributed by atoms with Crippen LogP contribution in [-0.4, -0.2) is 94.5 Å². The molecule has 2 unspecified atom stereocenters. The number of esters is 1. The summed E-state index contributed by atoms with van der Waals surface area (Å²) >= 11 is 1.54. The number of imide groups is 1. The maximum atomic E-state index is 12.6. The van der Waals surface area contributed by atoms with Gasteiger partial charge >= 0.3 is 12.0 Å². The molecule has 1 saturated heterocycles. The lowest BCUT2D eigenvalue weighted by atomic mass is 9.89. The molecule has 5 aliphatic rings. The third kappa shape index (κ3) is 3.29. The number of nitrogens with zero attached hydrogens (tertiary/aromatic N) is 6. The molecular formula is C20H21N6O5S+. The van der Waals surface area contributed by atoms with Crippen molar-refractivity contribution >= 4 is 58.6 Å². The molecule has 1 fully saturated rings. The van der Waals surface area contributed by atoms with Crippen LogP contribution in [0, 0.1) is 5.92 Å². The number of thioether (sulfide) groups is 1. The highest BCUT2D eigenvalue weighted by Crippen LogP contribution is 2.47. The molecule has 0 aromatic carbocycles. The van der Waals surface area contributed by atoms with Crippen LogP contribution in [-0.2, 0) is 19.1 Å². The molecule has 166 valence electrons. The summed E-state index contributed by atoms with van der Waals surface area (Å²) in [6.45, 7) is -0.477. The van der Waals surface area contributed by atoms with Gasteiger partial charge in [-0.3, -0.25) is 19.4 Å². The lowest BCUT2D eigenvalue weighted by Gasteiger charge is -2.30. The highest BCUT2D eigenvalue weighted by atomic mass is 32.2. The summed E-state index contributed by atoms with van der Waals surface area (Å²) in [5.74, 6) is -1.28. The van der Waals surface area contributed by atoms with Crippen molar-refractivity contribution in [2.24, 2.45) is 20.9 Å². The molecule has 0 N–H and O–H groups in total. The number of hydrogen-bond acceptors (Lipinski definition) is 8. The molecule has 5 rings (SSSR count). The number of likely N-dealkylation sites (N-methyl/N-ethyl adjacent to an activating group) is 2. The summed E-state index contributed by atoms with van der Waals surface area (Å²) in [5.41, 5.74) is 1.15. The van der Waals surface area contributed by atoms with E-state index in [2.05, 4.69) is 15.0 Å². The first kappa shape index (κ1) is 20.7. The minimum atomic E-state index is -0.864. The molecule has 11 nitrogen and oxygen atoms in total. The molecule has 4 aliphatic heterocycles. The van der Waals surface area contributed by atoms with Crippen LogP contribution >= 0.6 is 11.8 Å². The molecule has 2 atom stereocenters. The minimum absolute atomic E-state index is 0.170. The lowest BCUT2D eigenvalue weighted by Crippen LogP contribution is -2.61. The second kappa shape index (κ2) is 7.76. The van der Waals surface area contributed by atoms with Gasteiger partial charge in [0.2, 0.25) is 0 Å². The highest BCUT2D eigenvalue weighted by Gasteiger charge is 2.51. The van der Waals surface area contributed by atoms with Crippen molar-refractivity contribution in [2.45, 2.75) is 31.7 Å². The van der Waals surface area contributed by atoms with Crippen LogP contribution < -0.4 is 0 Å². The van der Waals surface area contributed by atoms with Crippen LogP contribution in [0.15, 0.2) is 25.5 Å². The fourth-order valence-corrected chi connectivity index (χ4v) is 5.78. The van der Waals surface area contributed by atoms with Gasteiger partial charge in [-0.05, 0) is 41.2 Å². The van der Waals surface area contributed by atoms with Crippen molar-refractivity contribution < 1.29 is 28.5 Å². The predicted molar refractivity (Wildman–Crippen MR) is 116 cm³/mol. The zero-order valence-electron chi connectivity index (χ0n) is 17.6. The van der Waals surface area contributed by atoms with Crippen LogP contribution in [0.3, 0.4) is 0 Å². The second-order valence-corrected chi connectivity index (χ2v) is 9.20. The number of amides is 4. The van der Waals surface area contributed by atoms with Crippen molar-refractivity contribution in [1.29, 1.82) is 0 Å². The molecule has 0 aromatic heterocycles. The van der Waals surface area contributed by atoms with Gasteiger partial charge in [-0.15, -0.1) is 0 Å². The van der Waals surface area contributed by atoms with E-state index >= 15 is 0 Å². The number of urea groups is 1. The van der Waals surface area contributed by atoms with E-state index in [1.54, 1.807) is 11.8 Å². The molecule has 1 aliphatic carbocycles. The minimum Gasteiger partial charge on any atom is -0.455 e. The van der Waals surface area contributed by atoms with Gasteiger partial charge in [-0.2, -0.15) is 4.99 Å². The van der Waals surface area contributed by atoms with Crippen LogP contribution in [0.2, 0.25) is 0 Å². The van der Waals surface area contributed by atoms with Gasteiger partial charge in [0.1, 0.15) is 5.92 Å². The highest BCUT2D eigenvalue weighted by molar-refractivity contribution is 8.17. The summed E-state index contributed by atoms with van der Waals surface area (Å²) in [7, 11) is 2.90. The number of fused-ring (bicyclic) bond motifs is 3. The van der Waals surface area contributed by atoms with Gasteiger partial charge in [-0.1, -0.05) is 11.8 Å². The Morgan fingerprint density at radius 2 is 1.97 bits per heavy atom. The van der Waals surface area contributed by atoms with Crippen molar-refractivity contribution in [3.8, 4) is 0 Å². The first-order chi connectivity index (χ1) is 15.3. The molecule has 0 spiro atoms. The van der Waals surface area contributed by atoms with E-state index in [-0.39, 0.29) is 36.6 Å². The number of hydrogen-bond donors (Lipinski definition) is 0. The first-order valence-corrected chi connectivity index (χ1v) is 11.1. The zero-order chi connectivity index (χ0) is 22.6. The number of amidine groups is 2. The van der Waals surface area contributed by atoms with E-state index in [0.717, 1.165) is 41.2 Å². The van der Waals surface area contributed by atoms with E-state index in [4.69, 9.17) is 4.74 Å². The molecule has 0 bridgehead atoms. The Bertz CT molecular complexity index is 1120. The van der Waals surface area contributed by atoms with Gasteiger partial charge < -0.3 is 4.74 Å². The number of rotatable bonds is 4. The Kier molecular flexibility index (Phi) is 5.03. The molecular weight excluding hydrogens is 436 g/mol. The van der Waals surface area contributed by atoms with Gasteiger partial charge in [0.05, 0.1) is 5.04 Å². The maximum absolute atomic E-state index is 12.6. The van der Waals surface area contributed by atoms with Crippen molar-refractivity contribution in [1.82, 2.24) is 9.80 Å². The molecule has 32 heavy (non-hydrogen) atoms. The Morgan fingerprint density at radius 3 is 2.78 bits per heavy atom. The fourth-order valence-electron chi connectivity index (χ4n) is 4.42. The second-order valence-electron chi connectivity index (χ2n) is 8.08. The SMILES string of the molecule is CN1C(=O)C2C(=NC=[N+]2CC(=O)OCC2=NC(=O)C3C(=N2)SC2=C3CCCC2)N(C)C1=O. The first-order valence-electron chi connectivity index (χ1n) is 10.3. The lowest BCUT2D eigenvalue weighted by molar-refractivity contribution is -0.521. The van der Waals surface area contributed by atoms with E-state index in [1.807, 2.05) is 0 Å². The summed E-state index contributed by atoms with van der Waals surface area (Å²) in [6, 6.07) is -1.35. The van der Waals surface area contributed by atoms with Crippen LogP contribution in [0.5, 0.6) is 0 Å². The van der Waals surface area contributed by atoms with Crippen molar-refractivity contribution in [2.75, 3.05) is 27.2 Å². The van der Waals surface area contributed by atoms with Gasteiger partial charge in [0.25, 0.3) is 30.0 Å². The average Bonchev–Trinajstić information content (AvgIpc) is 3.36. The number of aliphatic imine (C=N–C) groups is 3. The van der Waals surface area contributed by atoms with Crippen LogP contribution in [0.25, 0.3) is 0 Å². The van der Waals surface area contributed by atoms with Gasteiger partial charge in [0.15, 0.2) is 19.0 Å². The molecule has 0 radical (unpaired) electrons. The number of ether oxygens (including phenoxy) is 1. The Balaban J connectivity index is 1.20. The maximum Gasteiger partial charge on any atom is 0.348 e. The monoisotopic (exact) mass is 457 g/mol. The van der Waals surface area contributed by atoms with E-state index < -0.39 is 23.9 Å². The zero-order valence-corrected chi connectivity index (χ0v) is 18.4. The van der Waals surface area contributed by atoms with Gasteiger partial charge in [0, 0.05) is 14.1 Å². The van der Waals surface area contributed by atoms with E-state index in [1.165, 1.54) is 34.8 Å². The molecule has 4 heterocycles. The van der Waals surface area contributed by atoms with Crippen molar-refractivity contribution in [3.05, 3.63) is 10.5 Å². The summed E-state index contributed by atoms with van der Waals surface area (Å²) in [4.78, 5) is 65.7. The predicted octanol–water partition coefficient (Wildman–Crippen LogP) is 0.403. The fraction of sp³-hybridized carbons (Fsp3) is 0.500. The topological polar surface area (TPSA) is 124 Å². The Labute approximate surface area is 187 Å². The third-order valence-electron chi connectivity index (χ3n) is 6.08. The van der Waals surface area contributed by atoms with Crippen LogP contribution in [0.4, 0.5) is 4.79 Å². The average molecular weight is 457 g/mol. The third-order valence-corrected chi connectivity index (χ3v) is 7.33. The summed E-state index contributed by atoms with van der Waals surface area (Å²) in [5, 5.41) is 0.720. The Morgan fingerprint density at radius 1 is 1.19 bits per heavy atom. The van der Waals surface area contributed by atoms with Crippen LogP contribution in [0.1, 0.15) is 25.7 Å². The smallest absolute Gasteiger partial charge is 0.348 e. The standard InChI is InChI=1S/C20H21N6O5S/c1-24-16-15(19(29)25(2)20(24)30)26(9-21-16)7-13(27)31-8-12-22-17(28)14-10-5-3-4-6-11(10)32-18(14)23-12/h9,14-15H,3-8H2,1-2H3/q+1. The summed E-state index contributed by atoms with van der Waals surface area (Å²) in [6.07, 6.45) is 5.42. The normalized spacial score (nSPS) is 26.9. The number of allylic oxidation sites excluding steroid dienone is 1. The molecule has 0 aromatic rings. The Hall–Kier alpha value is -3.15. The van der Waals surface area contributed by atoms with E-state index in [0.29, 0.717) is 0 Å². The quantitative estimate of drug-likeness (QED) is 0.445. The summed E-state index contributed by atoms with van der Waals surface area (Å²) < 4.78 is 6.70. The molecule has 12 heteroatoms. The number of carbonyl (C=O) groups is 4. The van der Waals surface area contributed by atoms with Crippen molar-refractivity contribution in [3.63, 3.8) is 0 Å². The molecule has 0 saturated carbocycles. The van der Waals surface area contributed by atoms with Gasteiger partial charge in [-0.25, -0.2) is 19.2 Å². The largest absolute Gasteiger partial charge is 0.455 e.